The van der Waals surface area contributed by atoms with Gasteiger partial charge in [-0.3, -0.25) is 4.79 Å². The van der Waals surface area contributed by atoms with E-state index in [0.29, 0.717) is 6.04 Å². The lowest BCUT2D eigenvalue weighted by molar-refractivity contribution is -0.119. The Morgan fingerprint density at radius 1 is 1.62 bits per heavy atom. The minimum atomic E-state index is 0.303. The third kappa shape index (κ3) is 1.34. The van der Waals surface area contributed by atoms with Crippen LogP contribution < -0.4 is 0 Å². The molecule has 0 aromatic carbocycles. The summed E-state index contributed by atoms with van der Waals surface area (Å²) in [6, 6.07) is 4.42. The van der Waals surface area contributed by atoms with Gasteiger partial charge in [-0.2, -0.15) is 0 Å². The highest BCUT2D eigenvalue weighted by molar-refractivity contribution is 5.49. The summed E-state index contributed by atoms with van der Waals surface area (Å²) in [7, 11) is 2.02. The van der Waals surface area contributed by atoms with Gasteiger partial charge in [0.1, 0.15) is 0 Å². The van der Waals surface area contributed by atoms with Gasteiger partial charge in [0.25, 0.3) is 0 Å². The molecule has 1 unspecified atom stereocenters. The average Bonchev–Trinajstić information content (AvgIpc) is 2.71. The van der Waals surface area contributed by atoms with Gasteiger partial charge >= 0.3 is 0 Å². The van der Waals surface area contributed by atoms with Crippen molar-refractivity contribution in [1.29, 1.82) is 0 Å². The molecule has 0 saturated carbocycles. The van der Waals surface area contributed by atoms with Crippen molar-refractivity contribution in [3.8, 4) is 0 Å². The molecule has 0 spiro atoms. The van der Waals surface area contributed by atoms with Crippen LogP contribution in [0.1, 0.15) is 24.6 Å². The fourth-order valence-corrected chi connectivity index (χ4v) is 2.05. The van der Waals surface area contributed by atoms with Crippen molar-refractivity contribution in [2.75, 3.05) is 6.54 Å². The van der Waals surface area contributed by atoms with Crippen LogP contribution in [0.5, 0.6) is 0 Å². The van der Waals surface area contributed by atoms with Crippen LogP contribution >= 0.6 is 0 Å². The topological polar surface area (TPSA) is 25.2 Å². The van der Waals surface area contributed by atoms with Crippen molar-refractivity contribution in [2.24, 2.45) is 7.05 Å². The van der Waals surface area contributed by atoms with Crippen LogP contribution in [0.3, 0.4) is 0 Å². The zero-order chi connectivity index (χ0) is 9.26. The van der Waals surface area contributed by atoms with Crippen molar-refractivity contribution in [2.45, 2.75) is 18.9 Å². The van der Waals surface area contributed by atoms with E-state index in [0.717, 1.165) is 25.8 Å². The molecule has 1 fully saturated rings. The minimum Gasteiger partial charge on any atom is -0.353 e. The van der Waals surface area contributed by atoms with E-state index in [2.05, 4.69) is 10.6 Å². The Balaban J connectivity index is 2.25. The lowest BCUT2D eigenvalue weighted by atomic mass is 10.1. The zero-order valence-electron chi connectivity index (χ0n) is 7.81. The maximum atomic E-state index is 10.7. The molecule has 3 nitrogen and oxygen atoms in total. The van der Waals surface area contributed by atoms with Crippen molar-refractivity contribution in [1.82, 2.24) is 9.47 Å². The summed E-state index contributed by atoms with van der Waals surface area (Å²) in [6.45, 7) is 0.902. The summed E-state index contributed by atoms with van der Waals surface area (Å²) in [6.07, 6.45) is 5.20. The van der Waals surface area contributed by atoms with E-state index in [1.54, 1.807) is 0 Å². The second kappa shape index (κ2) is 3.24. The summed E-state index contributed by atoms with van der Waals surface area (Å²) < 4.78 is 2.09. The molecule has 70 valence electrons. The molecule has 3 heteroatoms. The van der Waals surface area contributed by atoms with E-state index in [9.17, 15) is 4.79 Å². The van der Waals surface area contributed by atoms with Gasteiger partial charge in [0.2, 0.25) is 6.41 Å². The van der Waals surface area contributed by atoms with E-state index in [4.69, 9.17) is 0 Å². The van der Waals surface area contributed by atoms with Crippen molar-refractivity contribution < 1.29 is 4.79 Å². The Hall–Kier alpha value is -1.25. The van der Waals surface area contributed by atoms with E-state index in [-0.39, 0.29) is 0 Å². The highest BCUT2D eigenvalue weighted by Crippen LogP contribution is 2.30. The number of aromatic nitrogens is 1. The lowest BCUT2D eigenvalue weighted by Gasteiger charge is -2.20. The largest absolute Gasteiger partial charge is 0.353 e. The van der Waals surface area contributed by atoms with Gasteiger partial charge in [0.15, 0.2) is 0 Å². The van der Waals surface area contributed by atoms with Crippen molar-refractivity contribution in [3.63, 3.8) is 0 Å². The summed E-state index contributed by atoms with van der Waals surface area (Å²) >= 11 is 0. The summed E-state index contributed by atoms with van der Waals surface area (Å²) in [5.41, 5.74) is 1.24. The van der Waals surface area contributed by atoms with Gasteiger partial charge in [-0.05, 0) is 25.0 Å². The number of likely N-dealkylation sites (tertiary alicyclic amines) is 1. The second-order valence-electron chi connectivity index (χ2n) is 3.55. The van der Waals surface area contributed by atoms with Gasteiger partial charge in [-0.15, -0.1) is 0 Å². The van der Waals surface area contributed by atoms with Crippen molar-refractivity contribution in [3.05, 3.63) is 24.0 Å². The Bertz CT molecular complexity index is 306. The number of hydrogen-bond donors (Lipinski definition) is 0. The van der Waals surface area contributed by atoms with Gasteiger partial charge in [-0.1, -0.05) is 0 Å². The van der Waals surface area contributed by atoms with Crippen LogP contribution in [0.2, 0.25) is 0 Å². The molecule has 1 saturated heterocycles. The van der Waals surface area contributed by atoms with E-state index in [1.165, 1.54) is 5.69 Å². The summed E-state index contributed by atoms with van der Waals surface area (Å²) in [4.78, 5) is 12.6. The zero-order valence-corrected chi connectivity index (χ0v) is 7.81. The average molecular weight is 178 g/mol. The quantitative estimate of drug-likeness (QED) is 0.627. The fraction of sp³-hybridized carbons (Fsp3) is 0.500. The molecular weight excluding hydrogens is 164 g/mol. The number of aryl methyl sites for hydroxylation is 1. The normalized spacial score (nSPS) is 22.2. The molecule has 0 aliphatic carbocycles. The number of carbonyl (C=O) groups excluding carboxylic acids is 1. The Kier molecular flexibility index (Phi) is 2.08. The fourth-order valence-electron chi connectivity index (χ4n) is 2.05. The molecule has 1 aliphatic rings. The third-order valence-corrected chi connectivity index (χ3v) is 2.75. The van der Waals surface area contributed by atoms with Gasteiger partial charge in [0.05, 0.1) is 6.04 Å². The monoisotopic (exact) mass is 178 g/mol. The van der Waals surface area contributed by atoms with E-state index < -0.39 is 0 Å². The minimum absolute atomic E-state index is 0.303. The van der Waals surface area contributed by atoms with Gasteiger partial charge in [0, 0.05) is 25.5 Å². The van der Waals surface area contributed by atoms with Crippen LogP contribution in [0.15, 0.2) is 18.3 Å². The molecule has 0 N–H and O–H groups in total. The smallest absolute Gasteiger partial charge is 0.210 e. The maximum Gasteiger partial charge on any atom is 0.210 e. The van der Waals surface area contributed by atoms with Crippen LogP contribution in [-0.4, -0.2) is 22.4 Å². The first-order valence-corrected chi connectivity index (χ1v) is 4.65. The predicted octanol–water partition coefficient (Wildman–Crippen LogP) is 1.32. The molecule has 1 aromatic heterocycles. The molecule has 2 heterocycles. The van der Waals surface area contributed by atoms with Crippen LogP contribution in [0, 0.1) is 0 Å². The van der Waals surface area contributed by atoms with E-state index in [1.807, 2.05) is 24.2 Å². The number of nitrogens with zero attached hydrogens (tertiary/aromatic N) is 2. The Morgan fingerprint density at radius 3 is 3.08 bits per heavy atom. The SMILES string of the molecule is Cn1cccc1C1CCCN1C=O. The molecule has 1 aromatic rings. The standard InChI is InChI=1S/C10H14N2O/c1-11-6-2-4-9(11)10-5-3-7-12(10)8-13/h2,4,6,8,10H,3,5,7H2,1H3. The van der Waals surface area contributed by atoms with Crippen LogP contribution in [0.25, 0.3) is 0 Å². The molecule has 0 bridgehead atoms. The molecule has 13 heavy (non-hydrogen) atoms. The highest BCUT2D eigenvalue weighted by Gasteiger charge is 2.25. The molecule has 1 aliphatic heterocycles. The first kappa shape index (κ1) is 8.35. The van der Waals surface area contributed by atoms with Crippen LogP contribution in [-0.2, 0) is 11.8 Å². The van der Waals surface area contributed by atoms with Gasteiger partial charge < -0.3 is 9.47 Å². The van der Waals surface area contributed by atoms with Gasteiger partial charge in [-0.25, -0.2) is 0 Å². The number of hydrogen-bond acceptors (Lipinski definition) is 1. The third-order valence-electron chi connectivity index (χ3n) is 2.75. The number of rotatable bonds is 2. The predicted molar refractivity (Wildman–Crippen MR) is 50.2 cm³/mol. The molecule has 0 radical (unpaired) electrons. The number of carbonyl (C=O) groups is 1. The highest BCUT2D eigenvalue weighted by atomic mass is 16.1. The lowest BCUT2D eigenvalue weighted by Crippen LogP contribution is -2.22. The first-order chi connectivity index (χ1) is 6.33. The Morgan fingerprint density at radius 2 is 2.46 bits per heavy atom. The maximum absolute atomic E-state index is 10.7. The second-order valence-corrected chi connectivity index (χ2v) is 3.55. The van der Waals surface area contributed by atoms with E-state index >= 15 is 0 Å². The Labute approximate surface area is 78.0 Å². The number of amides is 1. The molecule has 1 atom stereocenters. The summed E-state index contributed by atoms with van der Waals surface area (Å²) in [5, 5.41) is 0. The molecule has 2 rings (SSSR count). The van der Waals surface area contributed by atoms with Crippen molar-refractivity contribution >= 4 is 6.41 Å². The molecule has 1 amide bonds. The first-order valence-electron chi connectivity index (χ1n) is 4.65. The summed E-state index contributed by atoms with van der Waals surface area (Å²) in [5.74, 6) is 0. The molecular formula is C10H14N2O. The van der Waals surface area contributed by atoms with Crippen LogP contribution in [0.4, 0.5) is 0 Å².